The van der Waals surface area contributed by atoms with E-state index in [2.05, 4.69) is 56.7 Å². The molecule has 2 aromatic rings. The van der Waals surface area contributed by atoms with E-state index in [-0.39, 0.29) is 0 Å². The van der Waals surface area contributed by atoms with Gasteiger partial charge in [-0.05, 0) is 66.9 Å². The quantitative estimate of drug-likeness (QED) is 0.495. The fraction of sp³-hybridized carbons (Fsp3) is 0.250. The largest absolute Gasteiger partial charge is 0.326 e. The molecule has 0 atom stereocenters. The minimum atomic E-state index is -2.20. The van der Waals surface area contributed by atoms with E-state index >= 15 is 0 Å². The van der Waals surface area contributed by atoms with Crippen LogP contribution in [0.2, 0.25) is 0 Å². The van der Waals surface area contributed by atoms with E-state index in [4.69, 9.17) is 16.3 Å². The Labute approximate surface area is 151 Å². The van der Waals surface area contributed by atoms with Crippen LogP contribution in [0.1, 0.15) is 6.92 Å². The van der Waals surface area contributed by atoms with E-state index in [1.807, 2.05) is 19.1 Å². The molecule has 0 unspecified atom stereocenters. The molecular formula is C16H19N2OPS3. The number of rotatable bonds is 6. The van der Waals surface area contributed by atoms with Crippen molar-refractivity contribution in [2.75, 3.05) is 19.7 Å². The van der Waals surface area contributed by atoms with Gasteiger partial charge in [0.2, 0.25) is 6.57 Å². The van der Waals surface area contributed by atoms with Gasteiger partial charge in [0.25, 0.3) is 0 Å². The molecule has 0 aromatic heterocycles. The Morgan fingerprint density at radius 3 is 1.74 bits per heavy atom. The van der Waals surface area contributed by atoms with Gasteiger partial charge in [-0.1, -0.05) is 36.4 Å². The Hall–Kier alpha value is -0.330. The van der Waals surface area contributed by atoms with Crippen LogP contribution < -0.4 is 0 Å². The summed E-state index contributed by atoms with van der Waals surface area (Å²) in [7, 11) is 0. The fourth-order valence-electron chi connectivity index (χ4n) is 2.23. The number of hydrogen-bond donors (Lipinski definition) is 0. The van der Waals surface area contributed by atoms with Crippen molar-refractivity contribution >= 4 is 42.3 Å². The molecule has 3 rings (SSSR count). The molecule has 1 fully saturated rings. The highest BCUT2D eigenvalue weighted by Crippen LogP contribution is 2.65. The van der Waals surface area contributed by atoms with E-state index in [1.165, 1.54) is 9.79 Å². The summed E-state index contributed by atoms with van der Waals surface area (Å²) < 4.78 is 10.6. The highest BCUT2D eigenvalue weighted by atomic mass is 32.5. The summed E-state index contributed by atoms with van der Waals surface area (Å²) in [6, 6.07) is 20.7. The zero-order valence-electron chi connectivity index (χ0n) is 12.9. The van der Waals surface area contributed by atoms with Crippen molar-refractivity contribution in [3.8, 4) is 0 Å². The second-order valence-electron chi connectivity index (χ2n) is 4.87. The second kappa shape index (κ2) is 8.17. The van der Waals surface area contributed by atoms with Gasteiger partial charge in [-0.15, -0.1) is 0 Å². The summed E-state index contributed by atoms with van der Waals surface area (Å²) in [6.45, 7) is 2.28. The first kappa shape index (κ1) is 17.5. The van der Waals surface area contributed by atoms with Crippen LogP contribution in [-0.2, 0) is 16.3 Å². The molecule has 0 radical (unpaired) electrons. The van der Waals surface area contributed by atoms with E-state index in [0.717, 1.165) is 13.1 Å². The van der Waals surface area contributed by atoms with Gasteiger partial charge >= 0.3 is 0 Å². The SMILES string of the molecule is CCOP1(=S)N(Sc2ccccc2)CCN1Sc1ccccc1. The Bertz CT molecular complexity index is 618. The van der Waals surface area contributed by atoms with E-state index in [9.17, 15) is 0 Å². The second-order valence-corrected chi connectivity index (χ2v) is 11.2. The van der Waals surface area contributed by atoms with Gasteiger partial charge in [0, 0.05) is 22.9 Å². The number of benzene rings is 2. The number of nitrogens with zero attached hydrogens (tertiary/aromatic N) is 2. The third-order valence-corrected chi connectivity index (χ3v) is 11.1. The third-order valence-electron chi connectivity index (χ3n) is 3.25. The maximum atomic E-state index is 6.10. The summed E-state index contributed by atoms with van der Waals surface area (Å²) >= 11 is 9.43. The van der Waals surface area contributed by atoms with Crippen LogP contribution >= 0.6 is 30.5 Å². The minimum absolute atomic E-state index is 0.634. The average molecular weight is 383 g/mol. The predicted molar refractivity (Wildman–Crippen MR) is 104 cm³/mol. The average Bonchev–Trinajstić information content (AvgIpc) is 2.86. The molecule has 122 valence electrons. The van der Waals surface area contributed by atoms with E-state index < -0.39 is 6.57 Å². The monoisotopic (exact) mass is 382 g/mol. The van der Waals surface area contributed by atoms with Gasteiger partial charge in [0.15, 0.2) is 0 Å². The van der Waals surface area contributed by atoms with Crippen LogP contribution in [0.5, 0.6) is 0 Å². The van der Waals surface area contributed by atoms with Crippen molar-refractivity contribution in [3.63, 3.8) is 0 Å². The molecule has 0 bridgehead atoms. The molecule has 1 aliphatic heterocycles. The first-order chi connectivity index (χ1) is 11.2. The van der Waals surface area contributed by atoms with Gasteiger partial charge in [0.1, 0.15) is 0 Å². The van der Waals surface area contributed by atoms with Crippen LogP contribution in [0.3, 0.4) is 0 Å². The lowest BCUT2D eigenvalue weighted by Gasteiger charge is -2.31. The topological polar surface area (TPSA) is 15.7 Å². The standard InChI is InChI=1S/C16H19N2OPS3/c1-2-19-20(21)17(22-15-9-5-3-6-10-15)13-14-18(20)23-16-11-7-4-8-12-16/h3-12H,2,13-14H2,1H3. The fourth-order valence-corrected chi connectivity index (χ4v) is 8.87. The zero-order valence-corrected chi connectivity index (χ0v) is 16.2. The Balaban J connectivity index is 1.78. The van der Waals surface area contributed by atoms with Gasteiger partial charge in [0.05, 0.1) is 6.61 Å². The van der Waals surface area contributed by atoms with E-state index in [0.29, 0.717) is 6.61 Å². The third kappa shape index (κ3) is 4.20. The molecule has 3 nitrogen and oxygen atoms in total. The highest BCUT2D eigenvalue weighted by Gasteiger charge is 2.41. The summed E-state index contributed by atoms with van der Waals surface area (Å²) in [5.41, 5.74) is 0. The van der Waals surface area contributed by atoms with Crippen molar-refractivity contribution in [2.45, 2.75) is 16.7 Å². The van der Waals surface area contributed by atoms with Crippen LogP contribution in [0.15, 0.2) is 70.5 Å². The molecule has 1 saturated heterocycles. The van der Waals surface area contributed by atoms with Gasteiger partial charge in [-0.2, -0.15) is 8.15 Å². The molecule has 2 aromatic carbocycles. The molecular weight excluding hydrogens is 363 g/mol. The van der Waals surface area contributed by atoms with Crippen LogP contribution in [0, 0.1) is 0 Å². The maximum Gasteiger partial charge on any atom is 0.223 e. The van der Waals surface area contributed by atoms with Crippen LogP contribution in [0.25, 0.3) is 0 Å². The van der Waals surface area contributed by atoms with Gasteiger partial charge < -0.3 is 4.52 Å². The summed E-state index contributed by atoms with van der Waals surface area (Å²) in [5.74, 6) is 0. The zero-order chi connectivity index (χ0) is 16.1. The van der Waals surface area contributed by atoms with Crippen molar-refractivity contribution in [1.82, 2.24) is 8.15 Å². The first-order valence-electron chi connectivity index (χ1n) is 7.49. The van der Waals surface area contributed by atoms with Gasteiger partial charge in [-0.3, -0.25) is 0 Å². The summed E-state index contributed by atoms with van der Waals surface area (Å²) in [4.78, 5) is 2.40. The molecule has 0 aliphatic carbocycles. The van der Waals surface area contributed by atoms with Crippen molar-refractivity contribution in [3.05, 3.63) is 60.7 Å². The summed E-state index contributed by atoms with van der Waals surface area (Å²) in [5, 5.41) is 0. The molecule has 0 amide bonds. The Kier molecular flexibility index (Phi) is 6.21. The first-order valence-corrected chi connectivity index (χ1v) is 11.7. The predicted octanol–water partition coefficient (Wildman–Crippen LogP) is 5.28. The van der Waals surface area contributed by atoms with E-state index in [1.54, 1.807) is 23.9 Å². The van der Waals surface area contributed by atoms with Crippen molar-refractivity contribution < 1.29 is 4.52 Å². The Morgan fingerprint density at radius 1 is 0.913 bits per heavy atom. The highest BCUT2D eigenvalue weighted by molar-refractivity contribution is 8.20. The van der Waals surface area contributed by atoms with Crippen molar-refractivity contribution in [2.24, 2.45) is 0 Å². The molecule has 1 aliphatic rings. The lowest BCUT2D eigenvalue weighted by molar-refractivity contribution is 0.352. The maximum absolute atomic E-state index is 6.10. The molecule has 23 heavy (non-hydrogen) atoms. The lowest BCUT2D eigenvalue weighted by atomic mass is 10.4. The summed E-state index contributed by atoms with van der Waals surface area (Å²) in [6.07, 6.45) is 0. The molecule has 0 N–H and O–H groups in total. The lowest BCUT2D eigenvalue weighted by Crippen LogP contribution is -2.12. The molecule has 0 spiro atoms. The smallest absolute Gasteiger partial charge is 0.223 e. The van der Waals surface area contributed by atoms with Crippen molar-refractivity contribution in [1.29, 1.82) is 0 Å². The molecule has 0 saturated carbocycles. The van der Waals surface area contributed by atoms with Crippen LogP contribution in [0.4, 0.5) is 0 Å². The van der Waals surface area contributed by atoms with Crippen LogP contribution in [-0.4, -0.2) is 27.8 Å². The molecule has 7 heteroatoms. The molecule has 1 heterocycles. The number of hydrogen-bond acceptors (Lipinski definition) is 4. The van der Waals surface area contributed by atoms with Gasteiger partial charge in [-0.25, -0.2) is 0 Å². The normalized spacial score (nSPS) is 18.3. The minimum Gasteiger partial charge on any atom is -0.326 e. The Morgan fingerprint density at radius 2 is 1.35 bits per heavy atom.